The fourth-order valence-electron chi connectivity index (χ4n) is 3.04. The van der Waals surface area contributed by atoms with Gasteiger partial charge in [-0.15, -0.1) is 11.6 Å². The zero-order chi connectivity index (χ0) is 17.5. The van der Waals surface area contributed by atoms with Crippen molar-refractivity contribution in [2.45, 2.75) is 52.0 Å². The number of alkyl halides is 1. The lowest BCUT2D eigenvalue weighted by Gasteiger charge is -2.21. The molecule has 0 spiro atoms. The number of nitrogens with one attached hydrogen (secondary N) is 1. The summed E-state index contributed by atoms with van der Waals surface area (Å²) in [5, 5.41) is 4.82. The number of pyridine rings is 1. The maximum atomic E-state index is 6.19. The van der Waals surface area contributed by atoms with Crippen LogP contribution in [0.3, 0.4) is 0 Å². The summed E-state index contributed by atoms with van der Waals surface area (Å²) in [4.78, 5) is 6.97. The molecular formula is C20H30ClN3. The van der Waals surface area contributed by atoms with E-state index in [4.69, 9.17) is 11.6 Å². The van der Waals surface area contributed by atoms with Gasteiger partial charge in [0.05, 0.1) is 10.9 Å². The van der Waals surface area contributed by atoms with Crippen molar-refractivity contribution < 1.29 is 0 Å². The average molecular weight is 348 g/mol. The van der Waals surface area contributed by atoms with Gasteiger partial charge in [0.15, 0.2) is 0 Å². The Morgan fingerprint density at radius 2 is 1.92 bits per heavy atom. The molecule has 2 aromatic rings. The molecule has 0 amide bonds. The van der Waals surface area contributed by atoms with Gasteiger partial charge in [-0.2, -0.15) is 0 Å². The second kappa shape index (κ2) is 9.24. The molecule has 2 unspecified atom stereocenters. The molecule has 0 saturated heterocycles. The molecular weight excluding hydrogens is 318 g/mol. The molecule has 1 aromatic heterocycles. The van der Waals surface area contributed by atoms with Gasteiger partial charge < -0.3 is 10.2 Å². The molecule has 0 saturated carbocycles. The van der Waals surface area contributed by atoms with E-state index in [1.807, 2.05) is 13.1 Å². The Morgan fingerprint density at radius 1 is 1.17 bits per heavy atom. The molecule has 132 valence electrons. The van der Waals surface area contributed by atoms with E-state index in [0.29, 0.717) is 6.04 Å². The Kier molecular flexibility index (Phi) is 7.32. The van der Waals surface area contributed by atoms with Crippen molar-refractivity contribution in [2.24, 2.45) is 0 Å². The first-order valence-electron chi connectivity index (χ1n) is 9.06. The van der Waals surface area contributed by atoms with Crippen LogP contribution in [0.5, 0.6) is 0 Å². The van der Waals surface area contributed by atoms with E-state index in [0.717, 1.165) is 41.7 Å². The first-order valence-corrected chi connectivity index (χ1v) is 9.50. The van der Waals surface area contributed by atoms with E-state index >= 15 is 0 Å². The monoisotopic (exact) mass is 347 g/mol. The number of nitrogens with zero attached hydrogens (tertiary/aromatic N) is 2. The molecule has 0 fully saturated rings. The van der Waals surface area contributed by atoms with Crippen LogP contribution in [0, 0.1) is 0 Å². The van der Waals surface area contributed by atoms with Gasteiger partial charge in [-0.1, -0.05) is 26.0 Å². The molecule has 3 nitrogen and oxygen atoms in total. The zero-order valence-electron chi connectivity index (χ0n) is 15.3. The Bertz CT molecular complexity index is 638. The van der Waals surface area contributed by atoms with Gasteiger partial charge in [0.1, 0.15) is 0 Å². The lowest BCUT2D eigenvalue weighted by atomic mass is 10.1. The number of hydrogen-bond donors (Lipinski definition) is 1. The Morgan fingerprint density at radius 3 is 2.58 bits per heavy atom. The third-order valence-corrected chi connectivity index (χ3v) is 4.89. The summed E-state index contributed by atoms with van der Waals surface area (Å²) in [6, 6.07) is 8.81. The SMILES string of the molecule is CCN(CC)CCCC(C)Nc1ccnc2cc(C(C)Cl)ccc12. The van der Waals surface area contributed by atoms with Crippen LogP contribution >= 0.6 is 11.6 Å². The molecule has 4 heteroatoms. The highest BCUT2D eigenvalue weighted by molar-refractivity contribution is 6.20. The van der Waals surface area contributed by atoms with Crippen LogP contribution in [0.4, 0.5) is 5.69 Å². The Hall–Kier alpha value is -1.32. The first-order chi connectivity index (χ1) is 11.5. The number of benzene rings is 1. The molecule has 1 heterocycles. The molecule has 24 heavy (non-hydrogen) atoms. The molecule has 0 aliphatic carbocycles. The van der Waals surface area contributed by atoms with Gasteiger partial charge >= 0.3 is 0 Å². The van der Waals surface area contributed by atoms with Gasteiger partial charge in [0.25, 0.3) is 0 Å². The van der Waals surface area contributed by atoms with Gasteiger partial charge in [-0.05, 0) is 64.0 Å². The number of aromatic nitrogens is 1. The highest BCUT2D eigenvalue weighted by Gasteiger charge is 2.09. The minimum absolute atomic E-state index is 0.00631. The summed E-state index contributed by atoms with van der Waals surface area (Å²) in [5.41, 5.74) is 3.27. The van der Waals surface area contributed by atoms with Gasteiger partial charge in [0, 0.05) is 23.3 Å². The van der Waals surface area contributed by atoms with Crippen LogP contribution < -0.4 is 5.32 Å². The maximum Gasteiger partial charge on any atom is 0.0726 e. The second-order valence-corrected chi connectivity index (χ2v) is 7.12. The van der Waals surface area contributed by atoms with Crippen LogP contribution in [0.25, 0.3) is 10.9 Å². The predicted octanol–water partition coefficient (Wildman–Crippen LogP) is 5.46. The lowest BCUT2D eigenvalue weighted by molar-refractivity contribution is 0.295. The first kappa shape index (κ1) is 19.0. The Labute approximate surface area is 151 Å². The largest absolute Gasteiger partial charge is 0.382 e. The van der Waals surface area contributed by atoms with Crippen molar-refractivity contribution in [2.75, 3.05) is 25.0 Å². The number of halogens is 1. The number of hydrogen-bond acceptors (Lipinski definition) is 3. The van der Waals surface area contributed by atoms with Crippen LogP contribution in [0.2, 0.25) is 0 Å². The van der Waals surface area contributed by atoms with Crippen molar-refractivity contribution in [3.05, 3.63) is 36.0 Å². The summed E-state index contributed by atoms with van der Waals surface area (Å²) in [6.45, 7) is 12.1. The van der Waals surface area contributed by atoms with Crippen LogP contribution in [0.1, 0.15) is 51.5 Å². The van der Waals surface area contributed by atoms with E-state index in [1.165, 1.54) is 13.0 Å². The van der Waals surface area contributed by atoms with Crippen LogP contribution in [-0.4, -0.2) is 35.6 Å². The molecule has 0 aliphatic heterocycles. The van der Waals surface area contributed by atoms with E-state index in [-0.39, 0.29) is 5.38 Å². The number of rotatable bonds is 9. The van der Waals surface area contributed by atoms with Crippen molar-refractivity contribution in [3.8, 4) is 0 Å². The van der Waals surface area contributed by atoms with Crippen molar-refractivity contribution in [1.29, 1.82) is 0 Å². The topological polar surface area (TPSA) is 28.2 Å². The van der Waals surface area contributed by atoms with Crippen LogP contribution in [-0.2, 0) is 0 Å². The van der Waals surface area contributed by atoms with Gasteiger partial charge in [0.2, 0.25) is 0 Å². The molecule has 0 bridgehead atoms. The van der Waals surface area contributed by atoms with E-state index in [2.05, 4.69) is 60.2 Å². The fraction of sp³-hybridized carbons (Fsp3) is 0.550. The minimum Gasteiger partial charge on any atom is -0.382 e. The van der Waals surface area contributed by atoms with Crippen molar-refractivity contribution >= 4 is 28.2 Å². The third-order valence-electron chi connectivity index (χ3n) is 4.63. The molecule has 2 rings (SSSR count). The third kappa shape index (κ3) is 5.09. The smallest absolute Gasteiger partial charge is 0.0726 e. The second-order valence-electron chi connectivity index (χ2n) is 6.47. The van der Waals surface area contributed by atoms with Crippen molar-refractivity contribution in [1.82, 2.24) is 9.88 Å². The standard InChI is InChI=1S/C20H30ClN3/c1-5-24(6-2)13-7-8-15(3)23-19-11-12-22-20-14-17(16(4)21)9-10-18(19)20/h9-12,14-16H,5-8,13H2,1-4H3,(H,22,23). The minimum atomic E-state index is 0.00631. The summed E-state index contributed by atoms with van der Waals surface area (Å²) >= 11 is 6.19. The molecule has 0 radical (unpaired) electrons. The quantitative estimate of drug-likeness (QED) is 0.611. The number of fused-ring (bicyclic) bond motifs is 1. The lowest BCUT2D eigenvalue weighted by Crippen LogP contribution is -2.25. The summed E-state index contributed by atoms with van der Waals surface area (Å²) < 4.78 is 0. The van der Waals surface area contributed by atoms with Gasteiger partial charge in [-0.3, -0.25) is 4.98 Å². The fourth-order valence-corrected chi connectivity index (χ4v) is 3.17. The van der Waals surface area contributed by atoms with Gasteiger partial charge in [-0.25, -0.2) is 0 Å². The Balaban J connectivity index is 2.01. The normalized spacial score (nSPS) is 14.1. The van der Waals surface area contributed by atoms with E-state index < -0.39 is 0 Å². The predicted molar refractivity (Wildman–Crippen MR) is 106 cm³/mol. The van der Waals surface area contributed by atoms with Crippen LogP contribution in [0.15, 0.2) is 30.5 Å². The highest BCUT2D eigenvalue weighted by atomic mass is 35.5. The average Bonchev–Trinajstić information content (AvgIpc) is 2.58. The van der Waals surface area contributed by atoms with E-state index in [9.17, 15) is 0 Å². The number of anilines is 1. The molecule has 1 N–H and O–H groups in total. The van der Waals surface area contributed by atoms with Crippen molar-refractivity contribution in [3.63, 3.8) is 0 Å². The molecule has 0 aliphatic rings. The summed E-state index contributed by atoms with van der Waals surface area (Å²) in [7, 11) is 0. The van der Waals surface area contributed by atoms with E-state index in [1.54, 1.807) is 0 Å². The zero-order valence-corrected chi connectivity index (χ0v) is 16.1. The maximum absolute atomic E-state index is 6.19. The highest BCUT2D eigenvalue weighted by Crippen LogP contribution is 2.27. The molecule has 1 aromatic carbocycles. The summed E-state index contributed by atoms with van der Waals surface area (Å²) in [6.07, 6.45) is 4.25. The molecule has 2 atom stereocenters. The summed E-state index contributed by atoms with van der Waals surface area (Å²) in [5.74, 6) is 0.